The van der Waals surface area contributed by atoms with E-state index in [9.17, 15) is 18.4 Å². The first-order valence-electron chi connectivity index (χ1n) is 10.1. The van der Waals surface area contributed by atoms with E-state index in [-0.39, 0.29) is 42.9 Å². The largest absolute Gasteiger partial charge is 0.619 e. The van der Waals surface area contributed by atoms with E-state index in [1.807, 2.05) is 0 Å². The van der Waals surface area contributed by atoms with Gasteiger partial charge in [-0.3, -0.25) is 4.79 Å². The number of hydrogen-bond donors (Lipinski definition) is 1. The lowest BCUT2D eigenvalue weighted by atomic mass is 10.2. The highest BCUT2D eigenvalue weighted by atomic mass is 35.5. The summed E-state index contributed by atoms with van der Waals surface area (Å²) >= 11 is 5.96. The van der Waals surface area contributed by atoms with Crippen molar-refractivity contribution in [2.75, 3.05) is 26.2 Å². The molecule has 4 aromatic rings. The molecule has 0 aliphatic carbocycles. The van der Waals surface area contributed by atoms with Gasteiger partial charge in [-0.05, 0) is 18.2 Å². The Morgan fingerprint density at radius 1 is 1.09 bits per heavy atom. The monoisotopic (exact) mass is 500 g/mol. The first-order valence-corrected chi connectivity index (χ1v) is 12.0. The number of nitrogens with one attached hydrogen (secondary N) is 1. The molecule has 0 atom stereocenters. The third kappa shape index (κ3) is 4.16. The van der Waals surface area contributed by atoms with E-state index in [0.717, 1.165) is 0 Å². The number of hydrogen-bond acceptors (Lipinski definition) is 8. The number of aromatic nitrogens is 6. The zero-order valence-electron chi connectivity index (χ0n) is 17.5. The summed E-state index contributed by atoms with van der Waals surface area (Å²) < 4.78 is 28.0. The molecule has 4 heterocycles. The molecule has 1 aliphatic heterocycles. The second kappa shape index (κ2) is 8.59. The first-order chi connectivity index (χ1) is 16.3. The van der Waals surface area contributed by atoms with Crippen LogP contribution in [-0.2, 0) is 10.0 Å². The van der Waals surface area contributed by atoms with Crippen molar-refractivity contribution in [2.45, 2.75) is 5.16 Å². The number of nitrogens with zero attached hydrogens (tertiary/aromatic N) is 7. The van der Waals surface area contributed by atoms with Gasteiger partial charge in [-0.25, -0.2) is 18.4 Å². The molecule has 1 aliphatic rings. The van der Waals surface area contributed by atoms with Crippen molar-refractivity contribution in [1.82, 2.24) is 34.4 Å². The Bertz CT molecular complexity index is 1470. The summed E-state index contributed by atoms with van der Waals surface area (Å²) in [6, 6.07) is 7.97. The summed E-state index contributed by atoms with van der Waals surface area (Å²) in [6.07, 6.45) is 3.93. The minimum absolute atomic E-state index is 0.0454. The predicted octanol–water partition coefficient (Wildman–Crippen LogP) is 0.848. The number of fused-ring (bicyclic) bond motifs is 1. The Kier molecular flexibility index (Phi) is 5.59. The number of H-pyrrole nitrogens is 1. The second-order valence-corrected chi connectivity index (χ2v) is 9.80. The molecule has 174 valence electrons. The Balaban J connectivity index is 1.26. The summed E-state index contributed by atoms with van der Waals surface area (Å²) in [5, 5.41) is 19.4. The molecule has 0 saturated carbocycles. The average Bonchev–Trinajstić information content (AvgIpc) is 3.28. The highest BCUT2D eigenvalue weighted by molar-refractivity contribution is 7.89. The van der Waals surface area contributed by atoms with E-state index in [1.54, 1.807) is 30.3 Å². The molecule has 12 nitrogen and oxygen atoms in total. The fourth-order valence-corrected chi connectivity index (χ4v) is 5.08. The SMILES string of the molecule is O=C(c1cnc(-c2cc[n+]([O-])cc2)nn1)N1CCN(S(=O)(=O)c2nc3ccc(Cl)cc3[nH]2)CC1. The third-order valence-electron chi connectivity index (χ3n) is 5.37. The van der Waals surface area contributed by atoms with Crippen LogP contribution in [0, 0.1) is 5.21 Å². The zero-order chi connectivity index (χ0) is 23.9. The van der Waals surface area contributed by atoms with Crippen LogP contribution in [0.1, 0.15) is 10.5 Å². The Morgan fingerprint density at radius 3 is 2.50 bits per heavy atom. The Morgan fingerprint density at radius 2 is 1.82 bits per heavy atom. The first kappa shape index (κ1) is 22.1. The van der Waals surface area contributed by atoms with Gasteiger partial charge in [0.15, 0.2) is 23.9 Å². The van der Waals surface area contributed by atoms with Crippen LogP contribution >= 0.6 is 11.6 Å². The normalized spacial score (nSPS) is 15.0. The lowest BCUT2D eigenvalue weighted by Gasteiger charge is -2.33. The molecule has 1 saturated heterocycles. The fourth-order valence-electron chi connectivity index (χ4n) is 3.56. The van der Waals surface area contributed by atoms with Crippen LogP contribution in [0.15, 0.2) is 54.1 Å². The number of pyridine rings is 1. The number of sulfonamides is 1. The van der Waals surface area contributed by atoms with E-state index >= 15 is 0 Å². The Labute approximate surface area is 198 Å². The maximum absolute atomic E-state index is 13.0. The van der Waals surface area contributed by atoms with Gasteiger partial charge in [-0.1, -0.05) is 11.6 Å². The number of halogens is 1. The highest BCUT2D eigenvalue weighted by Crippen LogP contribution is 2.22. The number of carbonyl (C=O) groups excluding carboxylic acids is 1. The van der Waals surface area contributed by atoms with Crippen molar-refractivity contribution in [1.29, 1.82) is 0 Å². The minimum Gasteiger partial charge on any atom is -0.619 e. The van der Waals surface area contributed by atoms with Crippen molar-refractivity contribution in [3.63, 3.8) is 0 Å². The van der Waals surface area contributed by atoms with Crippen LogP contribution in [0.3, 0.4) is 0 Å². The lowest BCUT2D eigenvalue weighted by Crippen LogP contribution is -2.50. The third-order valence-corrected chi connectivity index (χ3v) is 7.34. The Hall–Kier alpha value is -3.68. The molecule has 0 spiro atoms. The lowest BCUT2D eigenvalue weighted by molar-refractivity contribution is -0.605. The van der Waals surface area contributed by atoms with Gasteiger partial charge in [-0.2, -0.15) is 9.04 Å². The summed E-state index contributed by atoms with van der Waals surface area (Å²) in [7, 11) is -3.87. The predicted molar refractivity (Wildman–Crippen MR) is 120 cm³/mol. The van der Waals surface area contributed by atoms with Crippen molar-refractivity contribution in [3.8, 4) is 11.4 Å². The van der Waals surface area contributed by atoms with E-state index < -0.39 is 15.9 Å². The number of carbonyl (C=O) groups is 1. The van der Waals surface area contributed by atoms with Gasteiger partial charge in [0, 0.05) is 48.9 Å². The van der Waals surface area contributed by atoms with Crippen LogP contribution < -0.4 is 4.73 Å². The average molecular weight is 501 g/mol. The van der Waals surface area contributed by atoms with Crippen molar-refractivity contribution in [2.24, 2.45) is 0 Å². The van der Waals surface area contributed by atoms with Gasteiger partial charge < -0.3 is 15.1 Å². The second-order valence-electron chi connectivity index (χ2n) is 7.51. The van der Waals surface area contributed by atoms with E-state index in [1.165, 1.54) is 27.8 Å². The van der Waals surface area contributed by atoms with Crippen molar-refractivity contribution in [3.05, 3.63) is 64.8 Å². The summed E-state index contributed by atoms with van der Waals surface area (Å²) in [4.78, 5) is 25.4. The van der Waals surface area contributed by atoms with Gasteiger partial charge in [0.1, 0.15) is 0 Å². The molecule has 1 amide bonds. The number of benzene rings is 1. The van der Waals surface area contributed by atoms with Crippen LogP contribution in [0.5, 0.6) is 0 Å². The smallest absolute Gasteiger partial charge is 0.276 e. The van der Waals surface area contributed by atoms with Crippen LogP contribution in [0.2, 0.25) is 5.02 Å². The summed E-state index contributed by atoms with van der Waals surface area (Å²) in [6.45, 7) is 0.555. The number of amides is 1. The molecule has 0 radical (unpaired) electrons. The van der Waals surface area contributed by atoms with Gasteiger partial charge >= 0.3 is 0 Å². The quantitative estimate of drug-likeness (QED) is 0.319. The van der Waals surface area contributed by atoms with Crippen molar-refractivity contribution < 1.29 is 17.9 Å². The fraction of sp³-hybridized carbons (Fsp3) is 0.200. The molecule has 5 rings (SSSR count). The molecule has 3 aromatic heterocycles. The number of imidazole rings is 1. The topological polar surface area (TPSA) is 152 Å². The molecule has 1 aromatic carbocycles. The molecular weight excluding hydrogens is 484 g/mol. The van der Waals surface area contributed by atoms with Crippen LogP contribution in [0.4, 0.5) is 0 Å². The van der Waals surface area contributed by atoms with E-state index in [4.69, 9.17) is 11.6 Å². The maximum atomic E-state index is 13.0. The number of rotatable bonds is 4. The molecule has 0 bridgehead atoms. The van der Waals surface area contributed by atoms with Crippen molar-refractivity contribution >= 4 is 38.6 Å². The highest BCUT2D eigenvalue weighted by Gasteiger charge is 2.33. The van der Waals surface area contributed by atoms with E-state index in [0.29, 0.717) is 26.3 Å². The minimum atomic E-state index is -3.87. The van der Waals surface area contributed by atoms with Crippen LogP contribution in [0.25, 0.3) is 22.4 Å². The molecule has 34 heavy (non-hydrogen) atoms. The molecule has 1 fully saturated rings. The number of piperazine rings is 1. The van der Waals surface area contributed by atoms with Gasteiger partial charge in [-0.15, -0.1) is 10.2 Å². The molecule has 1 N–H and O–H groups in total. The molecule has 0 unspecified atom stereocenters. The number of aromatic amines is 1. The van der Waals surface area contributed by atoms with Gasteiger partial charge in [0.2, 0.25) is 5.16 Å². The maximum Gasteiger partial charge on any atom is 0.276 e. The van der Waals surface area contributed by atoms with Gasteiger partial charge in [0.05, 0.1) is 17.2 Å². The van der Waals surface area contributed by atoms with Gasteiger partial charge in [0.25, 0.3) is 15.9 Å². The zero-order valence-corrected chi connectivity index (χ0v) is 19.1. The summed E-state index contributed by atoms with van der Waals surface area (Å²) in [5.41, 5.74) is 1.65. The summed E-state index contributed by atoms with van der Waals surface area (Å²) in [5.74, 6) is -0.118. The van der Waals surface area contributed by atoms with E-state index in [2.05, 4.69) is 25.1 Å². The molecule has 14 heteroatoms. The standard InChI is InChI=1S/C20H17ClN8O4S/c21-14-1-2-15-16(11-14)24-20(23-15)34(32,33)29-9-7-27(8-10-29)19(30)17-12-22-18(26-25-17)13-3-5-28(31)6-4-13/h1-6,11-12H,7-10H2,(H,23,24). The molecular formula is C20H17ClN8O4S. The van der Waals surface area contributed by atoms with Crippen LogP contribution in [-0.4, -0.2) is 74.9 Å².